The molecule has 1 aromatic heterocycles. The summed E-state index contributed by atoms with van der Waals surface area (Å²) in [4.78, 5) is 3.95. The standard InChI is InChI=1S/C6H4N6/c1-2-9-12-10-5(1)6-7-3-4-8-11-6/h1-4H/q+1. The topological polar surface area (TPSA) is 77.5 Å². The van der Waals surface area contributed by atoms with Crippen LogP contribution in [0.2, 0.25) is 0 Å². The van der Waals surface area contributed by atoms with Crippen molar-refractivity contribution < 1.29 is 0 Å². The largest absolute Gasteiger partial charge is 0.253 e. The second-order valence-electron chi connectivity index (χ2n) is 1.97. The molecule has 0 saturated carbocycles. The van der Waals surface area contributed by atoms with E-state index in [2.05, 4.69) is 30.6 Å². The Kier molecular flexibility index (Phi) is 1.65. The van der Waals surface area contributed by atoms with E-state index in [0.29, 0.717) is 11.5 Å². The summed E-state index contributed by atoms with van der Waals surface area (Å²) < 4.78 is 0. The quantitative estimate of drug-likeness (QED) is 0.575. The fourth-order valence-corrected chi connectivity index (χ4v) is 0.725. The van der Waals surface area contributed by atoms with Crippen molar-refractivity contribution >= 4 is 5.71 Å². The van der Waals surface area contributed by atoms with Crippen molar-refractivity contribution in [3.63, 3.8) is 0 Å². The molecule has 0 N–H and O–H groups in total. The Labute approximate surface area is 67.8 Å². The van der Waals surface area contributed by atoms with Crippen LogP contribution in [0.25, 0.3) is 0 Å². The Balaban J connectivity index is 2.38. The maximum atomic E-state index is 3.95. The summed E-state index contributed by atoms with van der Waals surface area (Å²) in [6, 6.07) is 0. The fraction of sp³-hybridized carbons (Fsp3) is 0. The van der Waals surface area contributed by atoms with Crippen LogP contribution in [0.4, 0.5) is 0 Å². The van der Waals surface area contributed by atoms with Gasteiger partial charge in [0.1, 0.15) is 0 Å². The second kappa shape index (κ2) is 2.95. The zero-order valence-electron chi connectivity index (χ0n) is 5.99. The van der Waals surface area contributed by atoms with E-state index in [4.69, 9.17) is 0 Å². The van der Waals surface area contributed by atoms with E-state index >= 15 is 0 Å². The smallest absolute Gasteiger partial charge is 0.230 e. The molecule has 2 heterocycles. The highest BCUT2D eigenvalue weighted by Gasteiger charge is 2.12. The number of hydrogen-bond donors (Lipinski definition) is 0. The van der Waals surface area contributed by atoms with E-state index < -0.39 is 0 Å². The summed E-state index contributed by atoms with van der Waals surface area (Å²) in [7, 11) is 0. The molecule has 0 aliphatic carbocycles. The highest BCUT2D eigenvalue weighted by atomic mass is 15.4. The van der Waals surface area contributed by atoms with Gasteiger partial charge in [-0.1, -0.05) is 0 Å². The number of nitrogens with zero attached hydrogens (tertiary/aromatic N) is 6. The molecular formula is C6H4N6+. The summed E-state index contributed by atoms with van der Waals surface area (Å²) in [6.07, 6.45) is 6.24. The van der Waals surface area contributed by atoms with Gasteiger partial charge in [-0.25, -0.2) is 4.98 Å². The van der Waals surface area contributed by atoms with Crippen molar-refractivity contribution in [2.45, 2.75) is 0 Å². The summed E-state index contributed by atoms with van der Waals surface area (Å²) in [5.41, 5.74) is 0.568. The summed E-state index contributed by atoms with van der Waals surface area (Å²) >= 11 is 0. The minimum atomic E-state index is 0.451. The normalized spacial score (nSPS) is 14.5. The van der Waals surface area contributed by atoms with E-state index in [-0.39, 0.29) is 0 Å². The van der Waals surface area contributed by atoms with E-state index in [1.807, 2.05) is 0 Å². The first-order valence-electron chi connectivity index (χ1n) is 3.25. The lowest BCUT2D eigenvalue weighted by atomic mass is 10.3. The van der Waals surface area contributed by atoms with E-state index in [0.717, 1.165) is 0 Å². The lowest BCUT2D eigenvalue weighted by Crippen LogP contribution is -2.10. The predicted molar refractivity (Wildman–Crippen MR) is 40.1 cm³/mol. The van der Waals surface area contributed by atoms with Crippen LogP contribution in [0, 0.1) is 0 Å². The van der Waals surface area contributed by atoms with Gasteiger partial charge in [0.2, 0.25) is 5.82 Å². The molecule has 0 aromatic carbocycles. The molecule has 6 nitrogen and oxygen atoms in total. The van der Waals surface area contributed by atoms with Gasteiger partial charge in [0.25, 0.3) is 5.71 Å². The third-order valence-electron chi connectivity index (χ3n) is 1.21. The molecule has 0 spiro atoms. The van der Waals surface area contributed by atoms with Crippen LogP contribution < -0.4 is 5.10 Å². The van der Waals surface area contributed by atoms with Gasteiger partial charge >= 0.3 is 0 Å². The van der Waals surface area contributed by atoms with Gasteiger partial charge in [-0.15, -0.1) is 5.10 Å². The van der Waals surface area contributed by atoms with Crippen molar-refractivity contribution in [1.82, 2.24) is 20.3 Å². The van der Waals surface area contributed by atoms with Gasteiger partial charge in [0.15, 0.2) is 11.4 Å². The van der Waals surface area contributed by atoms with Crippen LogP contribution >= 0.6 is 0 Å². The number of hydrogen-bond acceptors (Lipinski definition) is 6. The van der Waals surface area contributed by atoms with Gasteiger partial charge in [-0.05, 0) is 0 Å². The lowest BCUT2D eigenvalue weighted by Gasteiger charge is -1.88. The first kappa shape index (κ1) is 6.71. The highest BCUT2D eigenvalue weighted by Crippen LogP contribution is 1.93. The third kappa shape index (κ3) is 1.22. The summed E-state index contributed by atoms with van der Waals surface area (Å²) in [5.74, 6) is 0.451. The molecule has 1 aliphatic rings. The molecule has 2 rings (SSSR count). The molecule has 1 aromatic rings. The number of aromatic nitrogens is 3. The van der Waals surface area contributed by atoms with Crippen LogP contribution in [0.15, 0.2) is 35.0 Å². The minimum Gasteiger partial charge on any atom is -0.230 e. The molecule has 0 atom stereocenters. The summed E-state index contributed by atoms with van der Waals surface area (Å²) in [6.45, 7) is 0. The van der Waals surface area contributed by atoms with Gasteiger partial charge in [0.05, 0.1) is 16.4 Å². The molecule has 0 amide bonds. The van der Waals surface area contributed by atoms with Crippen LogP contribution in [0.1, 0.15) is 5.82 Å². The third-order valence-corrected chi connectivity index (χ3v) is 1.21. The van der Waals surface area contributed by atoms with Crippen LogP contribution in [0.5, 0.6) is 0 Å². The zero-order chi connectivity index (χ0) is 8.23. The average Bonchev–Trinajstić information content (AvgIpc) is 2.21. The Bertz CT molecular complexity index is 352. The molecule has 0 unspecified atom stereocenters. The summed E-state index contributed by atoms with van der Waals surface area (Å²) in [5, 5.41) is 18.1. The second-order valence-corrected chi connectivity index (χ2v) is 1.97. The van der Waals surface area contributed by atoms with Gasteiger partial charge in [-0.3, -0.25) is 0 Å². The zero-order valence-corrected chi connectivity index (χ0v) is 5.99. The Hall–Kier alpha value is -1.98. The SMILES string of the molecule is C1=CC(c2nccnn2)=[N+]N=N1. The highest BCUT2D eigenvalue weighted by molar-refractivity contribution is 6.05. The van der Waals surface area contributed by atoms with Crippen LogP contribution in [-0.4, -0.2) is 20.9 Å². The first-order valence-corrected chi connectivity index (χ1v) is 3.25. The van der Waals surface area contributed by atoms with E-state index in [1.165, 1.54) is 12.4 Å². The molecule has 1 aliphatic heterocycles. The first-order chi connectivity index (χ1) is 5.97. The lowest BCUT2D eigenvalue weighted by molar-refractivity contribution is 0.909. The van der Waals surface area contributed by atoms with Crippen molar-refractivity contribution in [2.24, 2.45) is 10.3 Å². The van der Waals surface area contributed by atoms with Gasteiger partial charge < -0.3 is 0 Å². The molecule has 0 saturated heterocycles. The molecular weight excluding hydrogens is 156 g/mol. The molecule has 1 radical (unpaired) electrons. The average molecular weight is 160 g/mol. The van der Waals surface area contributed by atoms with Crippen LogP contribution in [0.3, 0.4) is 0 Å². The van der Waals surface area contributed by atoms with Crippen molar-refractivity contribution in [3.05, 3.63) is 30.5 Å². The molecule has 12 heavy (non-hydrogen) atoms. The number of rotatable bonds is 1. The minimum absolute atomic E-state index is 0.451. The van der Waals surface area contributed by atoms with Crippen LogP contribution in [-0.2, 0) is 0 Å². The van der Waals surface area contributed by atoms with Crippen molar-refractivity contribution in [1.29, 1.82) is 0 Å². The fourth-order valence-electron chi connectivity index (χ4n) is 0.725. The van der Waals surface area contributed by atoms with Gasteiger partial charge in [0, 0.05) is 12.3 Å². The molecule has 6 heteroatoms. The molecule has 57 valence electrons. The Morgan fingerprint density at radius 1 is 1.25 bits per heavy atom. The Morgan fingerprint density at radius 2 is 2.25 bits per heavy atom. The molecule has 0 fully saturated rings. The van der Waals surface area contributed by atoms with E-state index in [1.54, 1.807) is 12.3 Å². The maximum absolute atomic E-state index is 3.95. The van der Waals surface area contributed by atoms with Gasteiger partial charge in [-0.2, -0.15) is 5.10 Å². The predicted octanol–water partition coefficient (Wildman–Crippen LogP) is -0.109. The Morgan fingerprint density at radius 3 is 2.92 bits per heavy atom. The van der Waals surface area contributed by atoms with Crippen molar-refractivity contribution in [3.8, 4) is 0 Å². The molecule has 0 bridgehead atoms. The number of allylic oxidation sites excluding steroid dienone is 1. The monoisotopic (exact) mass is 160 g/mol. The van der Waals surface area contributed by atoms with E-state index in [9.17, 15) is 0 Å². The maximum Gasteiger partial charge on any atom is 0.253 e. The van der Waals surface area contributed by atoms with Crippen molar-refractivity contribution in [2.75, 3.05) is 0 Å².